The number of hydrogen-bond acceptors (Lipinski definition) is 5. The van der Waals surface area contributed by atoms with Crippen molar-refractivity contribution in [3.63, 3.8) is 0 Å². The van der Waals surface area contributed by atoms with Crippen LogP contribution < -0.4 is 5.73 Å². The summed E-state index contributed by atoms with van der Waals surface area (Å²) in [6.07, 6.45) is 1.69. The zero-order valence-corrected chi connectivity index (χ0v) is 11.9. The van der Waals surface area contributed by atoms with Gasteiger partial charge in [-0.05, 0) is 22.9 Å². The number of nitrogens with two attached hydrogens (primary N) is 1. The van der Waals surface area contributed by atoms with Crippen LogP contribution in [0.4, 0.5) is 5.95 Å². The van der Waals surface area contributed by atoms with Gasteiger partial charge in [-0.3, -0.25) is 4.79 Å². The second-order valence-corrected chi connectivity index (χ2v) is 4.74. The predicted octanol–water partition coefficient (Wildman–Crippen LogP) is 0.779. The minimum atomic E-state index is -0.116. The molecule has 0 saturated heterocycles. The van der Waals surface area contributed by atoms with E-state index in [1.165, 1.54) is 10.2 Å². The first-order chi connectivity index (χ1) is 10.1. The number of carbonyl (C=O) groups is 1. The van der Waals surface area contributed by atoms with Crippen LogP contribution in [0.15, 0.2) is 36.9 Å². The van der Waals surface area contributed by atoms with Gasteiger partial charge < -0.3 is 10.6 Å². The zero-order chi connectivity index (χ0) is 15.2. The van der Waals surface area contributed by atoms with Gasteiger partial charge in [0.15, 0.2) is 0 Å². The smallest absolute Gasteiger partial charge is 0.245 e. The standard InChI is InChI=1S/C14H18N6O/c1-3-8-19(9-12-6-4-11(2)5-7-12)13(21)10-20-14(15)16-17-18-20/h3-7H,1,8-10H2,2H3,(H2,15,16,18). The van der Waals surface area contributed by atoms with Gasteiger partial charge in [0.1, 0.15) is 6.54 Å². The summed E-state index contributed by atoms with van der Waals surface area (Å²) in [6.45, 7) is 6.68. The fourth-order valence-electron chi connectivity index (χ4n) is 1.88. The van der Waals surface area contributed by atoms with Crippen LogP contribution in [0.5, 0.6) is 0 Å². The van der Waals surface area contributed by atoms with Gasteiger partial charge >= 0.3 is 0 Å². The van der Waals surface area contributed by atoms with Crippen LogP contribution in [0.2, 0.25) is 0 Å². The van der Waals surface area contributed by atoms with Crippen LogP contribution in [0.3, 0.4) is 0 Å². The molecule has 0 fully saturated rings. The number of amides is 1. The van der Waals surface area contributed by atoms with Gasteiger partial charge in [-0.1, -0.05) is 41.0 Å². The fraction of sp³-hybridized carbons (Fsp3) is 0.286. The van der Waals surface area contributed by atoms with Crippen molar-refractivity contribution in [3.05, 3.63) is 48.0 Å². The zero-order valence-electron chi connectivity index (χ0n) is 11.9. The Hall–Kier alpha value is -2.70. The molecule has 0 aliphatic carbocycles. The molecule has 1 aromatic carbocycles. The first-order valence-electron chi connectivity index (χ1n) is 6.56. The third kappa shape index (κ3) is 3.88. The number of benzene rings is 1. The number of hydrogen-bond donors (Lipinski definition) is 1. The van der Waals surface area contributed by atoms with Gasteiger partial charge in [0.25, 0.3) is 0 Å². The molecular weight excluding hydrogens is 268 g/mol. The molecular formula is C14H18N6O. The Kier molecular flexibility index (Phi) is 4.65. The summed E-state index contributed by atoms with van der Waals surface area (Å²) in [4.78, 5) is 14.0. The van der Waals surface area contributed by atoms with Crippen LogP contribution in [-0.2, 0) is 17.9 Å². The van der Waals surface area contributed by atoms with Crippen LogP contribution in [0.1, 0.15) is 11.1 Å². The van der Waals surface area contributed by atoms with Crippen LogP contribution in [0, 0.1) is 6.92 Å². The summed E-state index contributed by atoms with van der Waals surface area (Å²) in [6, 6.07) is 8.05. The fourth-order valence-corrected chi connectivity index (χ4v) is 1.88. The Balaban J connectivity index is 2.07. The van der Waals surface area contributed by atoms with Crippen LogP contribution in [0.25, 0.3) is 0 Å². The summed E-state index contributed by atoms with van der Waals surface area (Å²) in [5.74, 6) is 0.00622. The lowest BCUT2D eigenvalue weighted by Gasteiger charge is -2.21. The highest BCUT2D eigenvalue weighted by Crippen LogP contribution is 2.08. The molecule has 0 unspecified atom stereocenters. The first kappa shape index (κ1) is 14.7. The third-order valence-electron chi connectivity index (χ3n) is 3.04. The topological polar surface area (TPSA) is 89.9 Å². The van der Waals surface area contributed by atoms with E-state index >= 15 is 0 Å². The maximum absolute atomic E-state index is 12.3. The minimum Gasteiger partial charge on any atom is -0.367 e. The van der Waals surface area contributed by atoms with Gasteiger partial charge in [0.05, 0.1) is 0 Å². The van der Waals surface area contributed by atoms with Gasteiger partial charge in [-0.2, -0.15) is 0 Å². The minimum absolute atomic E-state index is 0.0124. The van der Waals surface area contributed by atoms with E-state index in [1.54, 1.807) is 11.0 Å². The van der Waals surface area contributed by atoms with Gasteiger partial charge in [-0.25, -0.2) is 4.68 Å². The molecule has 0 saturated carbocycles. The van der Waals surface area contributed by atoms with Crippen molar-refractivity contribution in [2.45, 2.75) is 20.0 Å². The molecule has 1 aromatic heterocycles. The van der Waals surface area contributed by atoms with E-state index in [9.17, 15) is 4.79 Å². The van der Waals surface area contributed by atoms with Gasteiger partial charge in [0, 0.05) is 13.1 Å². The Bertz CT molecular complexity index is 619. The Morgan fingerprint density at radius 3 is 2.71 bits per heavy atom. The lowest BCUT2D eigenvalue weighted by atomic mass is 10.1. The highest BCUT2D eigenvalue weighted by atomic mass is 16.2. The van der Waals surface area contributed by atoms with Crippen molar-refractivity contribution in [2.75, 3.05) is 12.3 Å². The molecule has 0 spiro atoms. The summed E-state index contributed by atoms with van der Waals surface area (Å²) in [7, 11) is 0. The first-order valence-corrected chi connectivity index (χ1v) is 6.56. The molecule has 1 amide bonds. The molecule has 2 N–H and O–H groups in total. The molecule has 110 valence electrons. The number of aryl methyl sites for hydroxylation is 1. The molecule has 2 aromatic rings. The second kappa shape index (κ2) is 6.65. The molecule has 0 aliphatic rings. The van der Waals surface area contributed by atoms with E-state index in [2.05, 4.69) is 22.1 Å². The number of aromatic nitrogens is 4. The number of nitrogen functional groups attached to an aromatic ring is 1. The average molecular weight is 286 g/mol. The average Bonchev–Trinajstić information content (AvgIpc) is 2.86. The quantitative estimate of drug-likeness (QED) is 0.792. The number of anilines is 1. The van der Waals surface area contributed by atoms with Crippen LogP contribution >= 0.6 is 0 Å². The molecule has 0 radical (unpaired) electrons. The monoisotopic (exact) mass is 286 g/mol. The SMILES string of the molecule is C=CCN(Cc1ccc(C)cc1)C(=O)Cn1nnnc1N. The maximum Gasteiger partial charge on any atom is 0.245 e. The third-order valence-corrected chi connectivity index (χ3v) is 3.04. The van der Waals surface area contributed by atoms with E-state index in [0.717, 1.165) is 5.56 Å². The van der Waals surface area contributed by atoms with Crippen molar-refractivity contribution in [1.82, 2.24) is 25.1 Å². The number of nitrogens with zero attached hydrogens (tertiary/aromatic N) is 5. The Labute approximate surface area is 123 Å². The van der Waals surface area contributed by atoms with Crippen molar-refractivity contribution in [1.29, 1.82) is 0 Å². The van der Waals surface area contributed by atoms with E-state index in [-0.39, 0.29) is 18.4 Å². The molecule has 2 rings (SSSR count). The maximum atomic E-state index is 12.3. The molecule has 7 heteroatoms. The molecule has 7 nitrogen and oxygen atoms in total. The van der Waals surface area contributed by atoms with Crippen molar-refractivity contribution in [2.24, 2.45) is 0 Å². The van der Waals surface area contributed by atoms with E-state index in [0.29, 0.717) is 13.1 Å². The number of rotatable bonds is 6. The normalized spacial score (nSPS) is 10.3. The van der Waals surface area contributed by atoms with E-state index in [1.807, 2.05) is 31.2 Å². The van der Waals surface area contributed by atoms with Crippen molar-refractivity contribution < 1.29 is 4.79 Å². The number of carbonyl (C=O) groups excluding carboxylic acids is 1. The number of tetrazole rings is 1. The Morgan fingerprint density at radius 1 is 1.43 bits per heavy atom. The van der Waals surface area contributed by atoms with Crippen molar-refractivity contribution >= 4 is 11.9 Å². The van der Waals surface area contributed by atoms with Crippen LogP contribution in [-0.4, -0.2) is 37.6 Å². The van der Waals surface area contributed by atoms with Crippen molar-refractivity contribution in [3.8, 4) is 0 Å². The summed E-state index contributed by atoms with van der Waals surface area (Å²) < 4.78 is 1.27. The molecule has 0 atom stereocenters. The Morgan fingerprint density at radius 2 is 2.14 bits per heavy atom. The highest BCUT2D eigenvalue weighted by molar-refractivity contribution is 5.76. The van der Waals surface area contributed by atoms with E-state index < -0.39 is 0 Å². The van der Waals surface area contributed by atoms with Gasteiger partial charge in [-0.15, -0.1) is 6.58 Å². The van der Waals surface area contributed by atoms with Gasteiger partial charge in [0.2, 0.25) is 11.9 Å². The molecule has 0 bridgehead atoms. The molecule has 21 heavy (non-hydrogen) atoms. The summed E-state index contributed by atoms with van der Waals surface area (Å²) in [5, 5.41) is 10.7. The molecule has 0 aliphatic heterocycles. The highest BCUT2D eigenvalue weighted by Gasteiger charge is 2.15. The largest absolute Gasteiger partial charge is 0.367 e. The van der Waals surface area contributed by atoms with E-state index in [4.69, 9.17) is 5.73 Å². The summed E-state index contributed by atoms with van der Waals surface area (Å²) in [5.41, 5.74) is 7.81. The second-order valence-electron chi connectivity index (χ2n) is 4.74. The summed E-state index contributed by atoms with van der Waals surface area (Å²) >= 11 is 0. The molecule has 1 heterocycles. The lowest BCUT2D eigenvalue weighted by molar-refractivity contribution is -0.132. The lowest BCUT2D eigenvalue weighted by Crippen LogP contribution is -2.34. The predicted molar refractivity (Wildman–Crippen MR) is 79.0 cm³/mol.